The number of fused-ring (bicyclic) bond motifs is 1. The Hall–Kier alpha value is -2.69. The molecule has 1 aromatic carbocycles. The minimum atomic E-state index is -4.86. The van der Waals surface area contributed by atoms with Crippen molar-refractivity contribution >= 4 is 27.7 Å². The van der Waals surface area contributed by atoms with Crippen molar-refractivity contribution in [3.05, 3.63) is 62.2 Å². The molecule has 7 nitrogen and oxygen atoms in total. The van der Waals surface area contributed by atoms with Crippen LogP contribution in [0.1, 0.15) is 21.7 Å². The molecule has 0 unspecified atom stereocenters. The van der Waals surface area contributed by atoms with Gasteiger partial charge < -0.3 is 9.67 Å². The second-order valence-corrected chi connectivity index (χ2v) is 5.97. The van der Waals surface area contributed by atoms with Gasteiger partial charge in [-0.2, -0.15) is 22.7 Å². The predicted molar refractivity (Wildman–Crippen MR) is 82.5 cm³/mol. The third-order valence-corrected chi connectivity index (χ3v) is 3.83. The van der Waals surface area contributed by atoms with Gasteiger partial charge in [0.25, 0.3) is 11.4 Å². The third-order valence-electron chi connectivity index (χ3n) is 3.30. The number of benzene rings is 1. The first-order valence-corrected chi connectivity index (χ1v) is 7.51. The van der Waals surface area contributed by atoms with E-state index in [4.69, 9.17) is 5.11 Å². The van der Waals surface area contributed by atoms with E-state index < -0.39 is 34.9 Å². The number of hydrogen-bond acceptors (Lipinski definition) is 4. The van der Waals surface area contributed by atoms with Crippen molar-refractivity contribution in [2.45, 2.75) is 12.7 Å². The SMILES string of the molecule is O=C(O)c1cn(Cc2ccc(Br)cc2)c2nc(C(F)(F)F)nn2c1=O. The van der Waals surface area contributed by atoms with Crippen LogP contribution in [0.15, 0.2) is 39.7 Å². The zero-order chi connectivity index (χ0) is 18.4. The maximum atomic E-state index is 12.8. The van der Waals surface area contributed by atoms with Gasteiger partial charge in [0.1, 0.15) is 5.56 Å². The summed E-state index contributed by atoms with van der Waals surface area (Å²) in [4.78, 5) is 26.6. The average molecular weight is 417 g/mol. The summed E-state index contributed by atoms with van der Waals surface area (Å²) in [6.45, 7) is 0.00727. The van der Waals surface area contributed by atoms with E-state index in [2.05, 4.69) is 26.0 Å². The summed E-state index contributed by atoms with van der Waals surface area (Å²) in [7, 11) is 0. The monoisotopic (exact) mass is 416 g/mol. The highest BCUT2D eigenvalue weighted by Gasteiger charge is 2.37. The molecule has 2 aromatic heterocycles. The lowest BCUT2D eigenvalue weighted by molar-refractivity contribution is -0.144. The first kappa shape index (κ1) is 17.1. The molecule has 25 heavy (non-hydrogen) atoms. The molecule has 0 aliphatic heterocycles. The maximum Gasteiger partial charge on any atom is 0.453 e. The predicted octanol–water partition coefficient (Wildman–Crippen LogP) is 2.42. The number of halogens is 4. The van der Waals surface area contributed by atoms with Crippen LogP contribution in [0.3, 0.4) is 0 Å². The molecule has 2 heterocycles. The van der Waals surface area contributed by atoms with Gasteiger partial charge in [-0.25, -0.2) is 4.79 Å². The van der Waals surface area contributed by atoms with Crippen LogP contribution in [0.5, 0.6) is 0 Å². The molecule has 3 aromatic rings. The molecule has 130 valence electrons. The molecular weight excluding hydrogens is 409 g/mol. The van der Waals surface area contributed by atoms with Crippen molar-refractivity contribution in [1.82, 2.24) is 19.2 Å². The molecule has 1 N–H and O–H groups in total. The maximum absolute atomic E-state index is 12.8. The minimum absolute atomic E-state index is 0.00727. The number of alkyl halides is 3. The second-order valence-electron chi connectivity index (χ2n) is 5.05. The number of rotatable bonds is 3. The fourth-order valence-corrected chi connectivity index (χ4v) is 2.44. The summed E-state index contributed by atoms with van der Waals surface area (Å²) in [6, 6.07) is 6.83. The number of hydrogen-bond donors (Lipinski definition) is 1. The molecule has 3 rings (SSSR count). The van der Waals surface area contributed by atoms with E-state index >= 15 is 0 Å². The molecule has 0 amide bonds. The first-order chi connectivity index (χ1) is 11.7. The van der Waals surface area contributed by atoms with Crippen LogP contribution in [-0.2, 0) is 12.7 Å². The number of nitrogens with zero attached hydrogens (tertiary/aromatic N) is 4. The normalized spacial score (nSPS) is 11.8. The zero-order valence-corrected chi connectivity index (χ0v) is 13.7. The highest BCUT2D eigenvalue weighted by Crippen LogP contribution is 2.26. The molecule has 0 fully saturated rings. The fraction of sp³-hybridized carbons (Fsp3) is 0.143. The zero-order valence-electron chi connectivity index (χ0n) is 12.2. The van der Waals surface area contributed by atoms with Gasteiger partial charge in [0.05, 0.1) is 6.54 Å². The standard InChI is InChI=1S/C14H8BrF3N4O3/c15-8-3-1-7(2-4-8)5-21-6-9(11(24)25)10(23)22-13(21)19-12(20-22)14(16,17)18/h1-4,6H,5H2,(H,24,25). The molecule has 0 saturated carbocycles. The first-order valence-electron chi connectivity index (χ1n) is 6.72. The van der Waals surface area contributed by atoms with Crippen LogP contribution in [-0.4, -0.2) is 30.2 Å². The van der Waals surface area contributed by atoms with Gasteiger partial charge in [-0.05, 0) is 17.7 Å². The van der Waals surface area contributed by atoms with Gasteiger partial charge in [0.2, 0.25) is 5.78 Å². The summed E-state index contributed by atoms with van der Waals surface area (Å²) in [5.74, 6) is -3.48. The van der Waals surface area contributed by atoms with Gasteiger partial charge in [0, 0.05) is 10.7 Å². The van der Waals surface area contributed by atoms with Crippen molar-refractivity contribution < 1.29 is 23.1 Å². The summed E-state index contributed by atoms with van der Waals surface area (Å²) >= 11 is 3.26. The Morgan fingerprint density at radius 3 is 2.44 bits per heavy atom. The topological polar surface area (TPSA) is 89.5 Å². The molecule has 0 aliphatic rings. The van der Waals surface area contributed by atoms with Crippen LogP contribution >= 0.6 is 15.9 Å². The number of carbonyl (C=O) groups is 1. The average Bonchev–Trinajstić information content (AvgIpc) is 2.98. The Kier molecular flexibility index (Phi) is 4.11. The lowest BCUT2D eigenvalue weighted by atomic mass is 10.2. The number of carboxylic acids is 1. The van der Waals surface area contributed by atoms with Gasteiger partial charge in [-0.1, -0.05) is 28.1 Å². The van der Waals surface area contributed by atoms with Crippen LogP contribution in [0.25, 0.3) is 5.78 Å². The molecule has 0 saturated heterocycles. The van der Waals surface area contributed by atoms with Crippen molar-refractivity contribution in [2.75, 3.05) is 0 Å². The van der Waals surface area contributed by atoms with Crippen LogP contribution in [0.4, 0.5) is 13.2 Å². The summed E-state index contributed by atoms with van der Waals surface area (Å²) in [6.07, 6.45) is -3.91. The Morgan fingerprint density at radius 2 is 1.88 bits per heavy atom. The van der Waals surface area contributed by atoms with E-state index in [9.17, 15) is 22.8 Å². The number of aromatic nitrogens is 4. The summed E-state index contributed by atoms with van der Waals surface area (Å²) in [5.41, 5.74) is -1.22. The van der Waals surface area contributed by atoms with Crippen LogP contribution in [0.2, 0.25) is 0 Å². The van der Waals surface area contributed by atoms with E-state index in [0.717, 1.165) is 15.2 Å². The fourth-order valence-electron chi connectivity index (χ4n) is 2.18. The smallest absolute Gasteiger partial charge is 0.453 e. The lowest BCUT2D eigenvalue weighted by Crippen LogP contribution is -2.26. The molecule has 0 radical (unpaired) electrons. The molecule has 0 aliphatic carbocycles. The van der Waals surface area contributed by atoms with Gasteiger partial charge in [-0.3, -0.25) is 4.79 Å². The van der Waals surface area contributed by atoms with Crippen molar-refractivity contribution in [2.24, 2.45) is 0 Å². The van der Waals surface area contributed by atoms with Crippen molar-refractivity contribution in [3.63, 3.8) is 0 Å². The Labute approximate surface area is 145 Å². The van der Waals surface area contributed by atoms with Crippen molar-refractivity contribution in [3.8, 4) is 0 Å². The number of aromatic carboxylic acids is 1. The van der Waals surface area contributed by atoms with Gasteiger partial charge >= 0.3 is 12.1 Å². The van der Waals surface area contributed by atoms with Crippen LogP contribution < -0.4 is 5.56 Å². The van der Waals surface area contributed by atoms with Crippen molar-refractivity contribution in [1.29, 1.82) is 0 Å². The highest BCUT2D eigenvalue weighted by atomic mass is 79.9. The van der Waals surface area contributed by atoms with E-state index in [1.54, 1.807) is 24.3 Å². The molecule has 0 spiro atoms. The lowest BCUT2D eigenvalue weighted by Gasteiger charge is -2.09. The summed E-state index contributed by atoms with van der Waals surface area (Å²) < 4.78 is 40.8. The van der Waals surface area contributed by atoms with E-state index in [1.165, 1.54) is 0 Å². The Balaban J connectivity index is 2.23. The molecular formula is C14H8BrF3N4O3. The molecule has 11 heteroatoms. The largest absolute Gasteiger partial charge is 0.477 e. The van der Waals surface area contributed by atoms with E-state index in [-0.39, 0.29) is 6.54 Å². The van der Waals surface area contributed by atoms with Gasteiger partial charge in [-0.15, -0.1) is 5.10 Å². The highest BCUT2D eigenvalue weighted by molar-refractivity contribution is 9.10. The molecule has 0 atom stereocenters. The van der Waals surface area contributed by atoms with Crippen LogP contribution in [0, 0.1) is 0 Å². The minimum Gasteiger partial charge on any atom is -0.477 e. The quantitative estimate of drug-likeness (QED) is 0.707. The van der Waals surface area contributed by atoms with Gasteiger partial charge in [0.15, 0.2) is 0 Å². The Bertz CT molecular complexity index is 1020. The Morgan fingerprint density at radius 1 is 1.24 bits per heavy atom. The molecule has 0 bridgehead atoms. The van der Waals surface area contributed by atoms with E-state index in [0.29, 0.717) is 10.1 Å². The summed E-state index contributed by atoms with van der Waals surface area (Å²) in [5, 5.41) is 12.2. The number of carboxylic acid groups (broad SMARTS) is 1. The van der Waals surface area contributed by atoms with E-state index in [1.807, 2.05) is 0 Å². The second kappa shape index (κ2) is 5.99. The third kappa shape index (κ3) is 3.27.